The largest absolute Gasteiger partial charge is 0.353 e. The number of carbonyl (C=O) groups is 2. The minimum atomic E-state index is -0.174. The summed E-state index contributed by atoms with van der Waals surface area (Å²) in [5.41, 5.74) is -0.174. The van der Waals surface area contributed by atoms with Gasteiger partial charge >= 0.3 is 0 Å². The van der Waals surface area contributed by atoms with Gasteiger partial charge in [-0.2, -0.15) is 0 Å². The third-order valence-corrected chi connectivity index (χ3v) is 4.92. The van der Waals surface area contributed by atoms with Crippen LogP contribution in [-0.4, -0.2) is 23.4 Å². The molecule has 2 amide bonds. The van der Waals surface area contributed by atoms with Crippen LogP contribution in [0.4, 0.5) is 0 Å². The molecule has 2 saturated carbocycles. The number of nitrogens with one attached hydrogen (secondary N) is 2. The Balaban J connectivity index is 1.74. The van der Waals surface area contributed by atoms with Gasteiger partial charge in [0.25, 0.3) is 0 Å². The normalized spacial score (nSPS) is 27.2. The summed E-state index contributed by atoms with van der Waals surface area (Å²) in [6, 6.07) is 0.392. The van der Waals surface area contributed by atoms with Crippen LogP contribution >= 0.6 is 0 Å². The van der Waals surface area contributed by atoms with Crippen molar-refractivity contribution in [3.63, 3.8) is 0 Å². The van der Waals surface area contributed by atoms with Crippen molar-refractivity contribution in [1.29, 1.82) is 0 Å². The Bertz CT molecular complexity index is 386. The third kappa shape index (κ3) is 5.29. The first-order valence-electron chi connectivity index (χ1n) is 8.97. The highest BCUT2D eigenvalue weighted by atomic mass is 16.2. The Kier molecular flexibility index (Phi) is 5.87. The van der Waals surface area contributed by atoms with E-state index in [9.17, 15) is 9.59 Å². The van der Waals surface area contributed by atoms with E-state index in [0.29, 0.717) is 6.04 Å². The molecular weight excluding hydrogens is 276 g/mol. The standard InChI is InChI=1S/C18H32N2O2/c1-18(2,3)20-17(22)14-11-9-13(10-12-14)16(21)19-15-7-5-4-6-8-15/h13-15H,4-12H2,1-3H3,(H,19,21)(H,20,22). The molecule has 2 fully saturated rings. The molecule has 2 rings (SSSR count). The lowest BCUT2D eigenvalue weighted by Gasteiger charge is -2.31. The first-order valence-corrected chi connectivity index (χ1v) is 8.97. The lowest BCUT2D eigenvalue weighted by molar-refractivity contribution is -0.131. The number of carbonyl (C=O) groups excluding carboxylic acids is 2. The molecule has 0 bridgehead atoms. The molecule has 0 aromatic carbocycles. The Morgan fingerprint density at radius 2 is 1.27 bits per heavy atom. The fraction of sp³-hybridized carbons (Fsp3) is 0.889. The first kappa shape index (κ1) is 17.3. The van der Waals surface area contributed by atoms with E-state index in [2.05, 4.69) is 10.6 Å². The van der Waals surface area contributed by atoms with Crippen LogP contribution in [0.3, 0.4) is 0 Å². The van der Waals surface area contributed by atoms with Crippen LogP contribution in [0.15, 0.2) is 0 Å². The van der Waals surface area contributed by atoms with Gasteiger partial charge in [-0.05, 0) is 59.3 Å². The average Bonchev–Trinajstić information content (AvgIpc) is 2.46. The predicted molar refractivity (Wildman–Crippen MR) is 88.4 cm³/mol. The van der Waals surface area contributed by atoms with E-state index >= 15 is 0 Å². The second-order valence-corrected chi connectivity index (χ2v) is 8.13. The average molecular weight is 308 g/mol. The second kappa shape index (κ2) is 7.47. The van der Waals surface area contributed by atoms with E-state index in [1.54, 1.807) is 0 Å². The first-order chi connectivity index (χ1) is 10.3. The van der Waals surface area contributed by atoms with E-state index in [0.717, 1.165) is 38.5 Å². The van der Waals surface area contributed by atoms with Gasteiger partial charge in [0, 0.05) is 23.4 Å². The summed E-state index contributed by atoms with van der Waals surface area (Å²) < 4.78 is 0. The van der Waals surface area contributed by atoms with Crippen molar-refractivity contribution >= 4 is 11.8 Å². The molecule has 0 aliphatic heterocycles. The summed E-state index contributed by atoms with van der Waals surface area (Å²) in [7, 11) is 0. The molecule has 0 saturated heterocycles. The summed E-state index contributed by atoms with van der Waals surface area (Å²) >= 11 is 0. The van der Waals surface area contributed by atoms with Crippen LogP contribution in [0.25, 0.3) is 0 Å². The van der Waals surface area contributed by atoms with Crippen LogP contribution < -0.4 is 10.6 Å². The maximum absolute atomic E-state index is 12.4. The molecule has 126 valence electrons. The van der Waals surface area contributed by atoms with Gasteiger partial charge in [-0.15, -0.1) is 0 Å². The highest BCUT2D eigenvalue weighted by molar-refractivity contribution is 5.81. The fourth-order valence-electron chi connectivity index (χ4n) is 3.66. The highest BCUT2D eigenvalue weighted by Gasteiger charge is 2.31. The zero-order valence-corrected chi connectivity index (χ0v) is 14.4. The van der Waals surface area contributed by atoms with Crippen LogP contribution in [0.5, 0.6) is 0 Å². The quantitative estimate of drug-likeness (QED) is 0.841. The van der Waals surface area contributed by atoms with Crippen molar-refractivity contribution < 1.29 is 9.59 Å². The molecule has 0 aromatic heterocycles. The van der Waals surface area contributed by atoms with Crippen molar-refractivity contribution in [2.24, 2.45) is 11.8 Å². The summed E-state index contributed by atoms with van der Waals surface area (Å²) in [4.78, 5) is 24.6. The van der Waals surface area contributed by atoms with Gasteiger partial charge < -0.3 is 10.6 Å². The fourth-order valence-corrected chi connectivity index (χ4v) is 3.66. The SMILES string of the molecule is CC(C)(C)NC(=O)C1CCC(C(=O)NC2CCCCC2)CC1. The van der Waals surface area contributed by atoms with Crippen LogP contribution in [0.1, 0.15) is 78.6 Å². The van der Waals surface area contributed by atoms with Crippen molar-refractivity contribution in [1.82, 2.24) is 10.6 Å². The molecule has 0 heterocycles. The summed E-state index contributed by atoms with van der Waals surface area (Å²) in [5, 5.41) is 6.29. The Morgan fingerprint density at radius 3 is 1.77 bits per heavy atom. The number of rotatable bonds is 3. The smallest absolute Gasteiger partial charge is 0.223 e. The molecule has 0 spiro atoms. The second-order valence-electron chi connectivity index (χ2n) is 8.13. The minimum absolute atomic E-state index is 0.0814. The van der Waals surface area contributed by atoms with Gasteiger partial charge in [0.1, 0.15) is 0 Å². The van der Waals surface area contributed by atoms with Crippen molar-refractivity contribution in [3.8, 4) is 0 Å². The lowest BCUT2D eigenvalue weighted by atomic mass is 9.80. The molecule has 4 nitrogen and oxygen atoms in total. The molecule has 2 aliphatic rings. The van der Waals surface area contributed by atoms with Gasteiger partial charge in [-0.3, -0.25) is 9.59 Å². The molecule has 22 heavy (non-hydrogen) atoms. The predicted octanol–water partition coefficient (Wildman–Crippen LogP) is 3.16. The molecule has 4 heteroatoms. The summed E-state index contributed by atoms with van der Waals surface area (Å²) in [6.07, 6.45) is 9.43. The van der Waals surface area contributed by atoms with E-state index in [-0.39, 0.29) is 29.2 Å². The third-order valence-electron chi connectivity index (χ3n) is 4.92. The summed E-state index contributed by atoms with van der Waals surface area (Å²) in [6.45, 7) is 6.02. The van der Waals surface area contributed by atoms with E-state index < -0.39 is 0 Å². The molecule has 2 aliphatic carbocycles. The Labute approximate surface area is 134 Å². The zero-order chi connectivity index (χ0) is 16.2. The summed E-state index contributed by atoms with van der Waals surface area (Å²) in [5.74, 6) is 0.568. The van der Waals surface area contributed by atoms with E-state index in [1.165, 1.54) is 19.3 Å². The van der Waals surface area contributed by atoms with E-state index in [4.69, 9.17) is 0 Å². The molecule has 0 radical (unpaired) electrons. The molecule has 0 unspecified atom stereocenters. The monoisotopic (exact) mass is 308 g/mol. The van der Waals surface area contributed by atoms with E-state index in [1.807, 2.05) is 20.8 Å². The molecular formula is C18H32N2O2. The van der Waals surface area contributed by atoms with Gasteiger partial charge in [-0.1, -0.05) is 19.3 Å². The van der Waals surface area contributed by atoms with Crippen molar-refractivity contribution in [3.05, 3.63) is 0 Å². The molecule has 2 N–H and O–H groups in total. The van der Waals surface area contributed by atoms with Gasteiger partial charge in [0.05, 0.1) is 0 Å². The maximum atomic E-state index is 12.4. The van der Waals surface area contributed by atoms with Crippen molar-refractivity contribution in [2.75, 3.05) is 0 Å². The van der Waals surface area contributed by atoms with Crippen LogP contribution in [0, 0.1) is 11.8 Å². The maximum Gasteiger partial charge on any atom is 0.223 e. The van der Waals surface area contributed by atoms with Gasteiger partial charge in [-0.25, -0.2) is 0 Å². The van der Waals surface area contributed by atoms with Gasteiger partial charge in [0.2, 0.25) is 11.8 Å². The van der Waals surface area contributed by atoms with Crippen LogP contribution in [0.2, 0.25) is 0 Å². The van der Waals surface area contributed by atoms with Crippen LogP contribution in [-0.2, 0) is 9.59 Å². The topological polar surface area (TPSA) is 58.2 Å². The number of amides is 2. The highest BCUT2D eigenvalue weighted by Crippen LogP contribution is 2.30. The zero-order valence-electron chi connectivity index (χ0n) is 14.4. The Morgan fingerprint density at radius 1 is 0.773 bits per heavy atom. The number of hydrogen-bond donors (Lipinski definition) is 2. The minimum Gasteiger partial charge on any atom is -0.353 e. The van der Waals surface area contributed by atoms with Crippen molar-refractivity contribution in [2.45, 2.75) is 90.1 Å². The molecule has 0 atom stereocenters. The number of hydrogen-bond acceptors (Lipinski definition) is 2. The van der Waals surface area contributed by atoms with Gasteiger partial charge in [0.15, 0.2) is 0 Å². The molecule has 0 aromatic rings. The lowest BCUT2D eigenvalue weighted by Crippen LogP contribution is -2.46. The Hall–Kier alpha value is -1.06.